The third-order valence-corrected chi connectivity index (χ3v) is 1.85. The summed E-state index contributed by atoms with van der Waals surface area (Å²) in [6.45, 7) is 1.97. The molecule has 5 heteroatoms. The van der Waals surface area contributed by atoms with Crippen LogP contribution in [0.15, 0.2) is 12.1 Å². The average molecular weight is 211 g/mol. The second-order valence-electron chi connectivity index (χ2n) is 2.83. The van der Waals surface area contributed by atoms with Gasteiger partial charge in [0, 0.05) is 0 Å². The Morgan fingerprint density at radius 3 is 2.73 bits per heavy atom. The van der Waals surface area contributed by atoms with Crippen LogP contribution in [0, 0.1) is 0 Å². The molecule has 3 N–H and O–H groups in total. The van der Waals surface area contributed by atoms with Gasteiger partial charge in [-0.3, -0.25) is 0 Å². The molecule has 5 nitrogen and oxygen atoms in total. The van der Waals surface area contributed by atoms with Crippen LogP contribution in [0.1, 0.15) is 17.3 Å². The fraction of sp³-hybridized carbons (Fsp3) is 0.300. The van der Waals surface area contributed by atoms with Crippen LogP contribution in [-0.4, -0.2) is 24.8 Å². The number of ether oxygens (including phenoxy) is 2. The van der Waals surface area contributed by atoms with Gasteiger partial charge in [-0.05, 0) is 19.1 Å². The number of anilines is 1. The molecule has 0 radical (unpaired) electrons. The second kappa shape index (κ2) is 4.54. The van der Waals surface area contributed by atoms with Crippen LogP contribution < -0.4 is 10.5 Å². The Hall–Kier alpha value is -1.91. The number of aromatic hydroxyl groups is 1. The Balaban J connectivity index is 3.10. The summed E-state index contributed by atoms with van der Waals surface area (Å²) in [7, 11) is 1.40. The van der Waals surface area contributed by atoms with E-state index in [4.69, 9.17) is 15.2 Å². The molecule has 82 valence electrons. The molecule has 0 fully saturated rings. The number of rotatable bonds is 3. The van der Waals surface area contributed by atoms with E-state index in [0.29, 0.717) is 0 Å². The monoisotopic (exact) mass is 211 g/mol. The molecule has 0 amide bonds. The summed E-state index contributed by atoms with van der Waals surface area (Å²) in [6.07, 6.45) is 0. The van der Waals surface area contributed by atoms with Crippen LogP contribution in [0.4, 0.5) is 5.69 Å². The predicted molar refractivity (Wildman–Crippen MR) is 55.0 cm³/mol. The van der Waals surface area contributed by atoms with Gasteiger partial charge in [0.05, 0.1) is 19.3 Å². The molecular weight excluding hydrogens is 198 g/mol. The van der Waals surface area contributed by atoms with E-state index in [-0.39, 0.29) is 29.4 Å². The van der Waals surface area contributed by atoms with E-state index in [9.17, 15) is 9.90 Å². The predicted octanol–water partition coefficient (Wildman–Crippen LogP) is 1.16. The maximum atomic E-state index is 11.3. The number of hydrogen-bond acceptors (Lipinski definition) is 5. The van der Waals surface area contributed by atoms with E-state index in [1.807, 2.05) is 0 Å². The van der Waals surface area contributed by atoms with Crippen molar-refractivity contribution in [3.8, 4) is 11.5 Å². The highest BCUT2D eigenvalue weighted by molar-refractivity contribution is 5.91. The van der Waals surface area contributed by atoms with E-state index in [2.05, 4.69) is 0 Å². The van der Waals surface area contributed by atoms with Crippen molar-refractivity contribution in [2.75, 3.05) is 19.5 Å². The van der Waals surface area contributed by atoms with Gasteiger partial charge in [0.2, 0.25) is 0 Å². The Labute approximate surface area is 87.4 Å². The molecule has 0 spiro atoms. The van der Waals surface area contributed by atoms with Gasteiger partial charge < -0.3 is 20.3 Å². The first kappa shape index (κ1) is 11.2. The van der Waals surface area contributed by atoms with Gasteiger partial charge in [-0.15, -0.1) is 0 Å². The molecule has 15 heavy (non-hydrogen) atoms. The summed E-state index contributed by atoms with van der Waals surface area (Å²) in [5.74, 6) is -0.471. The molecule has 0 aliphatic rings. The van der Waals surface area contributed by atoms with Crippen LogP contribution in [0.5, 0.6) is 11.5 Å². The topological polar surface area (TPSA) is 81.8 Å². The number of phenolic OH excluding ortho intramolecular Hbond substituents is 1. The molecule has 1 rings (SSSR count). The maximum Gasteiger partial charge on any atom is 0.338 e. The third kappa shape index (κ3) is 2.31. The van der Waals surface area contributed by atoms with E-state index in [0.717, 1.165) is 0 Å². The molecule has 0 saturated heterocycles. The molecule has 0 saturated carbocycles. The van der Waals surface area contributed by atoms with E-state index in [1.54, 1.807) is 6.92 Å². The molecule has 0 heterocycles. The zero-order chi connectivity index (χ0) is 11.4. The van der Waals surface area contributed by atoms with Crippen LogP contribution >= 0.6 is 0 Å². The Morgan fingerprint density at radius 2 is 2.20 bits per heavy atom. The number of carbonyl (C=O) groups excluding carboxylic acids is 1. The van der Waals surface area contributed by atoms with Crippen molar-refractivity contribution in [2.45, 2.75) is 6.92 Å². The van der Waals surface area contributed by atoms with Gasteiger partial charge in [0.25, 0.3) is 0 Å². The van der Waals surface area contributed by atoms with Gasteiger partial charge in [-0.2, -0.15) is 0 Å². The van der Waals surface area contributed by atoms with Gasteiger partial charge in [0.15, 0.2) is 0 Å². The summed E-state index contributed by atoms with van der Waals surface area (Å²) < 4.78 is 9.68. The maximum absolute atomic E-state index is 11.3. The fourth-order valence-corrected chi connectivity index (χ4v) is 1.11. The first-order valence-corrected chi connectivity index (χ1v) is 4.43. The van der Waals surface area contributed by atoms with Crippen LogP contribution in [0.2, 0.25) is 0 Å². The van der Waals surface area contributed by atoms with Crippen molar-refractivity contribution in [1.29, 1.82) is 0 Å². The highest BCUT2D eigenvalue weighted by Crippen LogP contribution is 2.32. The molecule has 0 bridgehead atoms. The molecule has 0 unspecified atom stereocenters. The first-order chi connectivity index (χ1) is 7.10. The molecule has 0 aliphatic heterocycles. The average Bonchev–Trinajstić information content (AvgIpc) is 2.22. The number of nitrogens with two attached hydrogens (primary N) is 1. The molecule has 0 atom stereocenters. The van der Waals surface area contributed by atoms with Crippen LogP contribution in [-0.2, 0) is 4.74 Å². The number of phenols is 1. The largest absolute Gasteiger partial charge is 0.506 e. The standard InChI is InChI=1S/C10H13NO4/c1-3-15-10(13)6-4-7(12)9(11)8(5-6)14-2/h4-5,12H,3,11H2,1-2H3. The number of esters is 1. The number of benzene rings is 1. The molecular formula is C10H13NO4. The minimum Gasteiger partial charge on any atom is -0.506 e. The Bertz CT molecular complexity index is 376. The molecule has 0 aliphatic carbocycles. The normalized spacial score (nSPS) is 9.73. The van der Waals surface area contributed by atoms with Gasteiger partial charge in [0.1, 0.15) is 17.2 Å². The lowest BCUT2D eigenvalue weighted by Crippen LogP contribution is -2.05. The van der Waals surface area contributed by atoms with Crippen molar-refractivity contribution < 1.29 is 19.4 Å². The second-order valence-corrected chi connectivity index (χ2v) is 2.83. The SMILES string of the molecule is CCOC(=O)c1cc(O)c(N)c(OC)c1. The molecule has 1 aromatic carbocycles. The highest BCUT2D eigenvalue weighted by Gasteiger charge is 2.13. The van der Waals surface area contributed by atoms with Crippen molar-refractivity contribution >= 4 is 11.7 Å². The van der Waals surface area contributed by atoms with Crippen LogP contribution in [0.25, 0.3) is 0 Å². The van der Waals surface area contributed by atoms with Gasteiger partial charge in [-0.25, -0.2) is 4.79 Å². The molecule has 1 aromatic rings. The highest BCUT2D eigenvalue weighted by atomic mass is 16.5. The smallest absolute Gasteiger partial charge is 0.338 e. The van der Waals surface area contributed by atoms with E-state index in [1.165, 1.54) is 19.2 Å². The number of carbonyl (C=O) groups is 1. The Morgan fingerprint density at radius 1 is 1.53 bits per heavy atom. The van der Waals surface area contributed by atoms with E-state index < -0.39 is 5.97 Å². The van der Waals surface area contributed by atoms with Crippen molar-refractivity contribution in [3.05, 3.63) is 17.7 Å². The van der Waals surface area contributed by atoms with Gasteiger partial charge in [-0.1, -0.05) is 0 Å². The number of methoxy groups -OCH3 is 1. The lowest BCUT2D eigenvalue weighted by molar-refractivity contribution is 0.0525. The zero-order valence-corrected chi connectivity index (χ0v) is 8.61. The quantitative estimate of drug-likeness (QED) is 0.445. The lowest BCUT2D eigenvalue weighted by Gasteiger charge is -2.08. The number of nitrogen functional groups attached to an aromatic ring is 1. The zero-order valence-electron chi connectivity index (χ0n) is 8.61. The van der Waals surface area contributed by atoms with Crippen LogP contribution in [0.3, 0.4) is 0 Å². The first-order valence-electron chi connectivity index (χ1n) is 4.43. The lowest BCUT2D eigenvalue weighted by atomic mass is 10.1. The molecule has 0 aromatic heterocycles. The Kier molecular flexibility index (Phi) is 3.38. The number of hydrogen-bond donors (Lipinski definition) is 2. The summed E-state index contributed by atoms with van der Waals surface area (Å²) >= 11 is 0. The summed E-state index contributed by atoms with van der Waals surface area (Å²) in [5, 5.41) is 9.42. The summed E-state index contributed by atoms with van der Waals surface area (Å²) in [5.41, 5.74) is 5.82. The summed E-state index contributed by atoms with van der Waals surface area (Å²) in [6, 6.07) is 2.67. The van der Waals surface area contributed by atoms with Gasteiger partial charge >= 0.3 is 5.97 Å². The fourth-order valence-electron chi connectivity index (χ4n) is 1.11. The van der Waals surface area contributed by atoms with E-state index >= 15 is 0 Å². The minimum atomic E-state index is -0.522. The third-order valence-electron chi connectivity index (χ3n) is 1.85. The minimum absolute atomic E-state index is 0.102. The van der Waals surface area contributed by atoms with Crippen molar-refractivity contribution in [1.82, 2.24) is 0 Å². The van der Waals surface area contributed by atoms with Crippen molar-refractivity contribution in [2.24, 2.45) is 0 Å². The van der Waals surface area contributed by atoms with Crippen molar-refractivity contribution in [3.63, 3.8) is 0 Å². The summed E-state index contributed by atoms with van der Waals surface area (Å²) in [4.78, 5) is 11.3.